The van der Waals surface area contributed by atoms with Gasteiger partial charge in [-0.25, -0.2) is 8.42 Å². The quantitative estimate of drug-likeness (QED) is 0.594. The van der Waals surface area contributed by atoms with Gasteiger partial charge in [0.2, 0.25) is 5.91 Å². The predicted molar refractivity (Wildman–Crippen MR) is 118 cm³/mol. The van der Waals surface area contributed by atoms with Crippen LogP contribution in [0.1, 0.15) is 54.3 Å². The van der Waals surface area contributed by atoms with E-state index in [2.05, 4.69) is 5.32 Å². The van der Waals surface area contributed by atoms with Crippen LogP contribution in [0.3, 0.4) is 0 Å². The molecule has 9 nitrogen and oxygen atoms in total. The van der Waals surface area contributed by atoms with E-state index < -0.39 is 59.9 Å². The number of carbonyl (C=O) groups excluding carboxylic acids is 3. The summed E-state index contributed by atoms with van der Waals surface area (Å²) in [7, 11) is -6.75. The zero-order chi connectivity index (χ0) is 28.6. The van der Waals surface area contributed by atoms with Crippen molar-refractivity contribution in [1.29, 1.82) is 0 Å². The van der Waals surface area contributed by atoms with Crippen molar-refractivity contribution in [2.24, 2.45) is 0 Å². The zero-order valence-electron chi connectivity index (χ0n) is 23.2. The molecular formula is C22H24N2O7S. The van der Waals surface area contributed by atoms with E-state index in [1.54, 1.807) is 0 Å². The number of amides is 3. The van der Waals surface area contributed by atoms with Gasteiger partial charge in [-0.2, -0.15) is 0 Å². The fourth-order valence-electron chi connectivity index (χ4n) is 3.49. The summed E-state index contributed by atoms with van der Waals surface area (Å²) in [6, 6.07) is 6.30. The first kappa shape index (κ1) is 16.3. The third-order valence-corrected chi connectivity index (χ3v) is 5.64. The number of nitrogens with zero attached hydrogens (tertiary/aromatic N) is 1. The molecule has 1 aliphatic heterocycles. The van der Waals surface area contributed by atoms with E-state index in [-0.39, 0.29) is 33.9 Å². The number of nitrogens with one attached hydrogen (secondary N) is 1. The van der Waals surface area contributed by atoms with Crippen LogP contribution in [0.5, 0.6) is 11.5 Å². The summed E-state index contributed by atoms with van der Waals surface area (Å²) >= 11 is 0. The number of rotatable bonds is 8. The van der Waals surface area contributed by atoms with Gasteiger partial charge in [0, 0.05) is 17.3 Å². The number of imide groups is 1. The van der Waals surface area contributed by atoms with Crippen LogP contribution in [0.2, 0.25) is 0 Å². The van der Waals surface area contributed by atoms with Crippen LogP contribution in [0.4, 0.5) is 5.69 Å². The maximum absolute atomic E-state index is 13.5. The normalized spacial score (nSPS) is 17.8. The minimum Gasteiger partial charge on any atom is -0.493 e. The molecule has 1 aliphatic rings. The Kier molecular flexibility index (Phi) is 4.57. The Labute approximate surface area is 194 Å². The molecule has 0 aromatic heterocycles. The number of sulfone groups is 1. The van der Waals surface area contributed by atoms with Crippen molar-refractivity contribution < 1.29 is 40.5 Å². The molecule has 0 saturated heterocycles. The molecular weight excluding hydrogens is 436 g/mol. The lowest BCUT2D eigenvalue weighted by Crippen LogP contribution is -2.37. The minimum absolute atomic E-state index is 0.0319. The van der Waals surface area contributed by atoms with Gasteiger partial charge >= 0.3 is 0 Å². The molecule has 1 heterocycles. The highest BCUT2D eigenvalue weighted by atomic mass is 32.2. The number of anilines is 1. The van der Waals surface area contributed by atoms with E-state index in [9.17, 15) is 22.8 Å². The van der Waals surface area contributed by atoms with Crippen molar-refractivity contribution in [2.45, 2.75) is 19.8 Å². The van der Waals surface area contributed by atoms with Gasteiger partial charge in [0.1, 0.15) is 9.84 Å². The lowest BCUT2D eigenvalue weighted by Gasteiger charge is -2.27. The Hall–Kier alpha value is -3.40. The lowest BCUT2D eigenvalue weighted by molar-refractivity contribution is -0.114. The van der Waals surface area contributed by atoms with Crippen molar-refractivity contribution in [3.63, 3.8) is 0 Å². The molecule has 0 fully saturated rings. The number of carbonyl (C=O) groups is 3. The summed E-state index contributed by atoms with van der Waals surface area (Å²) < 4.78 is 79.0. The number of methoxy groups -OCH3 is 1. The number of hydrogen-bond acceptors (Lipinski definition) is 7. The Morgan fingerprint density at radius 2 is 1.97 bits per heavy atom. The molecule has 170 valence electrons. The average molecular weight is 467 g/mol. The molecule has 32 heavy (non-hydrogen) atoms. The topological polar surface area (TPSA) is 119 Å². The largest absolute Gasteiger partial charge is 0.493 e. The van der Waals surface area contributed by atoms with Gasteiger partial charge < -0.3 is 14.8 Å². The minimum atomic E-state index is -3.83. The van der Waals surface area contributed by atoms with Crippen molar-refractivity contribution >= 4 is 33.2 Å². The second-order valence-electron chi connectivity index (χ2n) is 7.09. The van der Waals surface area contributed by atoms with Crippen LogP contribution in [0.15, 0.2) is 36.4 Å². The maximum Gasteiger partial charge on any atom is 0.264 e. The number of hydrogen-bond donors (Lipinski definition) is 1. The van der Waals surface area contributed by atoms with E-state index >= 15 is 0 Å². The molecule has 0 bridgehead atoms. The van der Waals surface area contributed by atoms with Crippen molar-refractivity contribution in [1.82, 2.24) is 4.90 Å². The van der Waals surface area contributed by atoms with Crippen LogP contribution in [0.25, 0.3) is 0 Å². The Morgan fingerprint density at radius 1 is 1.19 bits per heavy atom. The van der Waals surface area contributed by atoms with Crippen LogP contribution in [-0.4, -0.2) is 56.7 Å². The molecule has 0 aliphatic carbocycles. The lowest BCUT2D eigenvalue weighted by atomic mass is 10.1. The Bertz CT molecular complexity index is 1390. The molecule has 1 N–H and O–H groups in total. The van der Waals surface area contributed by atoms with Gasteiger partial charge in [0.05, 0.1) is 46.4 Å². The molecule has 3 amide bonds. The van der Waals surface area contributed by atoms with E-state index in [1.807, 2.05) is 0 Å². The summed E-state index contributed by atoms with van der Waals surface area (Å²) in [5, 5.41) is 2.47. The predicted octanol–water partition coefficient (Wildman–Crippen LogP) is 2.43. The smallest absolute Gasteiger partial charge is 0.264 e. The Balaban J connectivity index is 2.13. The summed E-state index contributed by atoms with van der Waals surface area (Å²) in [6.07, 6.45) is 0.902. The van der Waals surface area contributed by atoms with Crippen molar-refractivity contribution in [2.75, 3.05) is 31.0 Å². The van der Waals surface area contributed by atoms with Crippen LogP contribution >= 0.6 is 0 Å². The molecule has 3 rings (SSSR count). The first-order valence-electron chi connectivity index (χ1n) is 12.3. The highest BCUT2D eigenvalue weighted by Gasteiger charge is 2.43. The standard InChI is InChI=1S/C22H24N2O7S/c1-5-31-19-11-14(9-10-18(19)30-3)17(12-32(4,28)29)24-21(26)15-7-6-8-16(23-13(2)25)20(15)22(24)27/h6-11,17H,5,12H2,1-4H3,(H,23,25)/i1D3,3D3. The monoisotopic (exact) mass is 466 g/mol. The van der Waals surface area contributed by atoms with Crippen LogP contribution in [0, 0.1) is 0 Å². The number of ether oxygens (including phenoxy) is 2. The van der Waals surface area contributed by atoms with E-state index in [4.69, 9.17) is 17.7 Å². The summed E-state index contributed by atoms with van der Waals surface area (Å²) in [4.78, 5) is 39.1. The second-order valence-corrected chi connectivity index (χ2v) is 9.28. The highest BCUT2D eigenvalue weighted by molar-refractivity contribution is 7.90. The molecule has 0 radical (unpaired) electrons. The number of fused-ring (bicyclic) bond motifs is 1. The Morgan fingerprint density at radius 3 is 2.62 bits per heavy atom. The van der Waals surface area contributed by atoms with Gasteiger partial charge in [0.15, 0.2) is 11.5 Å². The molecule has 0 saturated carbocycles. The van der Waals surface area contributed by atoms with E-state index in [0.717, 1.165) is 23.3 Å². The summed E-state index contributed by atoms with van der Waals surface area (Å²) in [5.41, 5.74) is -0.0741. The van der Waals surface area contributed by atoms with Gasteiger partial charge in [-0.3, -0.25) is 19.3 Å². The SMILES string of the molecule is [2H]C([2H])([2H])COc1cc(C(CS(C)(=O)=O)N2C(=O)c3cccc(NC(C)=O)c3C2=O)ccc1OC([2H])([2H])[2H]. The molecule has 10 heteroatoms. The molecule has 1 atom stereocenters. The fraction of sp³-hybridized carbons (Fsp3) is 0.318. The van der Waals surface area contributed by atoms with Gasteiger partial charge in [0.25, 0.3) is 11.8 Å². The van der Waals surface area contributed by atoms with Gasteiger partial charge in [-0.05, 0) is 36.7 Å². The third kappa shape index (κ3) is 4.59. The third-order valence-electron chi connectivity index (χ3n) is 4.72. The van der Waals surface area contributed by atoms with Gasteiger partial charge in [-0.15, -0.1) is 0 Å². The van der Waals surface area contributed by atoms with E-state index in [1.165, 1.54) is 31.2 Å². The molecule has 1 unspecified atom stereocenters. The average Bonchev–Trinajstić information content (AvgIpc) is 3.00. The maximum atomic E-state index is 13.5. The molecule has 2 aromatic carbocycles. The van der Waals surface area contributed by atoms with Crippen molar-refractivity contribution in [3.05, 3.63) is 53.1 Å². The highest BCUT2D eigenvalue weighted by Crippen LogP contribution is 2.38. The first-order chi connectivity index (χ1) is 17.4. The second kappa shape index (κ2) is 8.99. The van der Waals surface area contributed by atoms with Crippen molar-refractivity contribution in [3.8, 4) is 11.5 Å². The molecule has 0 spiro atoms. The van der Waals surface area contributed by atoms with E-state index in [0.29, 0.717) is 0 Å². The molecule has 2 aromatic rings. The fourth-order valence-corrected chi connectivity index (χ4v) is 4.41. The summed E-state index contributed by atoms with van der Waals surface area (Å²) in [5.74, 6) is -3.60. The first-order valence-corrected chi connectivity index (χ1v) is 11.3. The van der Waals surface area contributed by atoms with Crippen LogP contribution in [-0.2, 0) is 14.6 Å². The zero-order valence-corrected chi connectivity index (χ0v) is 18.0. The van der Waals surface area contributed by atoms with Crippen LogP contribution < -0.4 is 14.8 Å². The van der Waals surface area contributed by atoms with Gasteiger partial charge in [-0.1, -0.05) is 12.1 Å². The number of benzene rings is 2. The summed E-state index contributed by atoms with van der Waals surface area (Å²) in [6.45, 7) is -2.19.